The molecular formula is C7H6N2S. The molecule has 0 aromatic carbocycles. The lowest BCUT2D eigenvalue weighted by atomic mass is 10.5. The molecule has 0 N–H and O–H groups in total. The maximum Gasteiger partial charge on any atom is 0.110 e. The summed E-state index contributed by atoms with van der Waals surface area (Å²) < 4.78 is 0. The molecule has 1 aromatic heterocycles. The van der Waals surface area contributed by atoms with Crippen LogP contribution < -0.4 is 0 Å². The van der Waals surface area contributed by atoms with Crippen LogP contribution in [-0.4, -0.2) is 0 Å². The molecular weight excluding hydrogens is 144 g/mol. The van der Waals surface area contributed by atoms with E-state index in [9.17, 15) is 0 Å². The molecule has 0 aliphatic rings. The van der Waals surface area contributed by atoms with Crippen LogP contribution in [0.2, 0.25) is 0 Å². The first-order chi connectivity index (χ1) is 4.85. The molecule has 1 aromatic rings. The number of nitrogens with zero attached hydrogens (tertiary/aromatic N) is 2. The van der Waals surface area contributed by atoms with E-state index in [4.69, 9.17) is 10.5 Å². The Hall–Kier alpha value is -1.32. The minimum atomic E-state index is 0.778. The highest BCUT2D eigenvalue weighted by molar-refractivity contribution is 7.10. The monoisotopic (exact) mass is 150 g/mol. The van der Waals surface area contributed by atoms with E-state index in [0.29, 0.717) is 0 Å². The van der Waals surface area contributed by atoms with Crippen molar-refractivity contribution in [1.29, 1.82) is 10.5 Å². The van der Waals surface area contributed by atoms with E-state index in [1.807, 2.05) is 17.5 Å². The van der Waals surface area contributed by atoms with E-state index in [-0.39, 0.29) is 0 Å². The van der Waals surface area contributed by atoms with Gasteiger partial charge in [0.2, 0.25) is 0 Å². The molecule has 2 nitrogen and oxygen atoms in total. The average Bonchev–Trinajstić information content (AvgIpc) is 2.39. The van der Waals surface area contributed by atoms with Gasteiger partial charge in [0.05, 0.1) is 6.07 Å². The summed E-state index contributed by atoms with van der Waals surface area (Å²) in [5.41, 5.74) is 0. The van der Waals surface area contributed by atoms with Crippen molar-refractivity contribution in [3.05, 3.63) is 22.4 Å². The number of hydrogen-bond donors (Lipinski definition) is 0. The van der Waals surface area contributed by atoms with E-state index in [0.717, 1.165) is 4.88 Å². The molecule has 10 heavy (non-hydrogen) atoms. The summed E-state index contributed by atoms with van der Waals surface area (Å²) in [5, 5.41) is 17.4. The molecule has 3 heteroatoms. The van der Waals surface area contributed by atoms with Gasteiger partial charge in [-0.3, -0.25) is 0 Å². The fourth-order valence-electron chi connectivity index (χ4n) is 0.342. The van der Waals surface area contributed by atoms with Crippen molar-refractivity contribution in [1.82, 2.24) is 0 Å². The smallest absolute Gasteiger partial charge is 0.110 e. The first-order valence-electron chi connectivity index (χ1n) is 2.59. The highest BCUT2D eigenvalue weighted by atomic mass is 32.1. The van der Waals surface area contributed by atoms with E-state index in [1.165, 1.54) is 18.3 Å². The lowest BCUT2D eigenvalue weighted by Gasteiger charge is -1.62. The fourth-order valence-corrected chi connectivity index (χ4v) is 0.856. The summed E-state index contributed by atoms with van der Waals surface area (Å²) in [7, 11) is 0. The Bertz CT molecular complexity index is 238. The highest BCUT2D eigenvalue weighted by Crippen LogP contribution is 2.04. The van der Waals surface area contributed by atoms with Crippen LogP contribution in [-0.2, 0) is 0 Å². The number of nitriles is 2. The first-order valence-corrected chi connectivity index (χ1v) is 3.47. The predicted octanol–water partition coefficient (Wildman–Crippen LogP) is 2.15. The molecule has 1 heterocycles. The number of thiophene rings is 1. The minimum Gasteiger partial charge on any atom is -0.199 e. The van der Waals surface area contributed by atoms with Gasteiger partial charge in [0, 0.05) is 6.92 Å². The minimum absolute atomic E-state index is 0.778. The summed E-state index contributed by atoms with van der Waals surface area (Å²) >= 11 is 1.46. The van der Waals surface area contributed by atoms with Crippen molar-refractivity contribution in [3.8, 4) is 12.1 Å². The zero-order valence-electron chi connectivity index (χ0n) is 5.53. The van der Waals surface area contributed by atoms with E-state index in [2.05, 4.69) is 0 Å². The molecule has 0 saturated carbocycles. The van der Waals surface area contributed by atoms with Gasteiger partial charge in [0.15, 0.2) is 0 Å². The number of hydrogen-bond acceptors (Lipinski definition) is 3. The molecule has 0 amide bonds. The lowest BCUT2D eigenvalue weighted by Crippen LogP contribution is -1.50. The van der Waals surface area contributed by atoms with Crippen LogP contribution in [0.1, 0.15) is 11.8 Å². The van der Waals surface area contributed by atoms with E-state index < -0.39 is 0 Å². The summed E-state index contributed by atoms with van der Waals surface area (Å²) in [6.07, 6.45) is 0. The maximum atomic E-state index is 8.19. The van der Waals surface area contributed by atoms with Crippen molar-refractivity contribution in [2.75, 3.05) is 0 Å². The zero-order valence-corrected chi connectivity index (χ0v) is 6.35. The normalized spacial score (nSPS) is 6.30. The van der Waals surface area contributed by atoms with Gasteiger partial charge < -0.3 is 0 Å². The van der Waals surface area contributed by atoms with E-state index in [1.54, 1.807) is 12.1 Å². The first kappa shape index (κ1) is 8.68. The SMILES string of the molecule is CC#N.N#Cc1cccs1. The molecule has 0 unspecified atom stereocenters. The summed E-state index contributed by atoms with van der Waals surface area (Å²) in [6.45, 7) is 1.43. The zero-order chi connectivity index (χ0) is 7.82. The Morgan fingerprint density at radius 2 is 2.10 bits per heavy atom. The molecule has 0 aliphatic heterocycles. The van der Waals surface area contributed by atoms with Crippen molar-refractivity contribution in [2.24, 2.45) is 0 Å². The van der Waals surface area contributed by atoms with Crippen LogP contribution in [0, 0.1) is 22.7 Å². The van der Waals surface area contributed by atoms with Crippen LogP contribution in [0.25, 0.3) is 0 Å². The second kappa shape index (κ2) is 5.81. The fraction of sp³-hybridized carbons (Fsp3) is 0.143. The molecule has 50 valence electrons. The highest BCUT2D eigenvalue weighted by Gasteiger charge is 1.82. The molecule has 0 aliphatic carbocycles. The van der Waals surface area contributed by atoms with Gasteiger partial charge in [0.25, 0.3) is 0 Å². The molecule has 0 spiro atoms. The van der Waals surface area contributed by atoms with Crippen molar-refractivity contribution >= 4 is 11.3 Å². The molecule has 0 saturated heterocycles. The van der Waals surface area contributed by atoms with Gasteiger partial charge in [-0.1, -0.05) is 6.07 Å². The molecule has 0 fully saturated rings. The Balaban J connectivity index is 0.000000236. The van der Waals surface area contributed by atoms with Crippen LogP contribution in [0.15, 0.2) is 17.5 Å². The standard InChI is InChI=1S/C5H3NS.C2H3N/c6-4-5-2-1-3-7-5;1-2-3/h1-3H;1H3. The largest absolute Gasteiger partial charge is 0.199 e. The van der Waals surface area contributed by atoms with Crippen LogP contribution in [0.5, 0.6) is 0 Å². The Kier molecular flexibility index (Phi) is 5.04. The quantitative estimate of drug-likeness (QED) is 0.569. The third kappa shape index (κ3) is 3.65. The lowest BCUT2D eigenvalue weighted by molar-refractivity contribution is 1.49. The van der Waals surface area contributed by atoms with Gasteiger partial charge in [-0.2, -0.15) is 10.5 Å². The second-order valence-corrected chi connectivity index (χ2v) is 2.26. The number of rotatable bonds is 0. The van der Waals surface area contributed by atoms with Gasteiger partial charge >= 0.3 is 0 Å². The van der Waals surface area contributed by atoms with Crippen LogP contribution >= 0.6 is 11.3 Å². The van der Waals surface area contributed by atoms with Crippen LogP contribution in [0.4, 0.5) is 0 Å². The van der Waals surface area contributed by atoms with Gasteiger partial charge in [-0.05, 0) is 11.4 Å². The third-order valence-electron chi connectivity index (χ3n) is 0.631. The van der Waals surface area contributed by atoms with Gasteiger partial charge in [-0.15, -0.1) is 11.3 Å². The Morgan fingerprint density at radius 3 is 2.30 bits per heavy atom. The average molecular weight is 150 g/mol. The summed E-state index contributed by atoms with van der Waals surface area (Å²) in [5.74, 6) is 0. The Morgan fingerprint density at radius 1 is 1.50 bits per heavy atom. The topological polar surface area (TPSA) is 47.6 Å². The molecule has 0 atom stereocenters. The molecule has 0 radical (unpaired) electrons. The van der Waals surface area contributed by atoms with Crippen molar-refractivity contribution in [2.45, 2.75) is 6.92 Å². The molecule has 1 rings (SSSR count). The molecule has 0 bridgehead atoms. The van der Waals surface area contributed by atoms with Gasteiger partial charge in [-0.25, -0.2) is 0 Å². The van der Waals surface area contributed by atoms with Crippen LogP contribution in [0.3, 0.4) is 0 Å². The Labute approximate surface area is 64.0 Å². The summed E-state index contributed by atoms with van der Waals surface area (Å²) in [4.78, 5) is 0.778. The van der Waals surface area contributed by atoms with Crippen molar-refractivity contribution < 1.29 is 0 Å². The van der Waals surface area contributed by atoms with E-state index >= 15 is 0 Å². The predicted molar refractivity (Wildman–Crippen MR) is 40.3 cm³/mol. The summed E-state index contributed by atoms with van der Waals surface area (Å²) in [6, 6.07) is 7.44. The maximum absolute atomic E-state index is 8.19. The third-order valence-corrected chi connectivity index (χ3v) is 1.41. The van der Waals surface area contributed by atoms with Crippen molar-refractivity contribution in [3.63, 3.8) is 0 Å². The second-order valence-electron chi connectivity index (χ2n) is 1.31. The van der Waals surface area contributed by atoms with Gasteiger partial charge in [0.1, 0.15) is 10.9 Å².